The molecule has 0 amide bonds. The molecular weight excluding hydrogens is 264 g/mol. The van der Waals surface area contributed by atoms with Crippen molar-refractivity contribution in [3.8, 4) is 17.0 Å². The van der Waals surface area contributed by atoms with E-state index in [4.69, 9.17) is 0 Å². The van der Waals surface area contributed by atoms with Crippen molar-refractivity contribution in [1.29, 1.82) is 0 Å². The van der Waals surface area contributed by atoms with Crippen LogP contribution in [0.3, 0.4) is 0 Å². The number of rotatable bonds is 4. The second-order valence-electron chi connectivity index (χ2n) is 4.48. The SMILES string of the molecule is Oc1ccc(-c2nccnc2NCc2ccccn2)cc1. The molecule has 2 N–H and O–H groups in total. The Kier molecular flexibility index (Phi) is 3.73. The summed E-state index contributed by atoms with van der Waals surface area (Å²) >= 11 is 0. The minimum Gasteiger partial charge on any atom is -0.508 e. The van der Waals surface area contributed by atoms with Crippen molar-refractivity contribution in [3.05, 3.63) is 66.7 Å². The number of nitrogens with zero attached hydrogens (tertiary/aromatic N) is 3. The molecule has 5 heteroatoms. The fourth-order valence-corrected chi connectivity index (χ4v) is 1.97. The van der Waals surface area contributed by atoms with Gasteiger partial charge in [-0.25, -0.2) is 4.98 Å². The summed E-state index contributed by atoms with van der Waals surface area (Å²) in [6.45, 7) is 0.574. The predicted octanol–water partition coefficient (Wildman–Crippen LogP) is 2.86. The van der Waals surface area contributed by atoms with Crippen molar-refractivity contribution in [2.24, 2.45) is 0 Å². The maximum absolute atomic E-state index is 9.36. The number of phenolic OH excluding ortho intramolecular Hbond substituents is 1. The maximum atomic E-state index is 9.36. The average Bonchev–Trinajstić information content (AvgIpc) is 2.55. The molecule has 0 aliphatic heterocycles. The van der Waals surface area contributed by atoms with Crippen molar-refractivity contribution in [2.75, 3.05) is 5.32 Å². The highest BCUT2D eigenvalue weighted by molar-refractivity contribution is 5.71. The van der Waals surface area contributed by atoms with Gasteiger partial charge in [0.2, 0.25) is 0 Å². The Hall–Kier alpha value is -2.95. The minimum atomic E-state index is 0.227. The van der Waals surface area contributed by atoms with Crippen LogP contribution in [0.1, 0.15) is 5.69 Å². The lowest BCUT2D eigenvalue weighted by Crippen LogP contribution is -2.05. The van der Waals surface area contributed by atoms with E-state index in [0.717, 1.165) is 17.0 Å². The number of aromatic hydroxyl groups is 1. The topological polar surface area (TPSA) is 70.9 Å². The highest BCUT2D eigenvalue weighted by Gasteiger charge is 2.07. The van der Waals surface area contributed by atoms with Gasteiger partial charge in [0, 0.05) is 24.2 Å². The number of nitrogens with one attached hydrogen (secondary N) is 1. The summed E-state index contributed by atoms with van der Waals surface area (Å²) in [6.07, 6.45) is 5.05. The van der Waals surface area contributed by atoms with Crippen molar-refractivity contribution >= 4 is 5.82 Å². The molecule has 0 atom stereocenters. The number of hydrogen-bond donors (Lipinski definition) is 2. The van der Waals surface area contributed by atoms with Gasteiger partial charge in [-0.1, -0.05) is 6.07 Å². The van der Waals surface area contributed by atoms with E-state index >= 15 is 0 Å². The Labute approximate surface area is 122 Å². The number of phenols is 1. The number of aromatic nitrogens is 3. The molecule has 5 nitrogen and oxygen atoms in total. The molecule has 104 valence electrons. The smallest absolute Gasteiger partial charge is 0.152 e. The molecule has 0 aliphatic carbocycles. The van der Waals surface area contributed by atoms with Gasteiger partial charge in [-0.3, -0.25) is 9.97 Å². The van der Waals surface area contributed by atoms with Gasteiger partial charge in [0.15, 0.2) is 5.82 Å². The lowest BCUT2D eigenvalue weighted by atomic mass is 10.1. The molecule has 0 aliphatic rings. The Morgan fingerprint density at radius 1 is 0.857 bits per heavy atom. The minimum absolute atomic E-state index is 0.227. The lowest BCUT2D eigenvalue weighted by molar-refractivity contribution is 0.475. The van der Waals surface area contributed by atoms with E-state index in [1.54, 1.807) is 30.7 Å². The Bertz CT molecular complexity index is 714. The fraction of sp³-hybridized carbons (Fsp3) is 0.0625. The van der Waals surface area contributed by atoms with E-state index < -0.39 is 0 Å². The van der Waals surface area contributed by atoms with Gasteiger partial charge in [0.25, 0.3) is 0 Å². The van der Waals surface area contributed by atoms with Crippen LogP contribution in [0.15, 0.2) is 61.1 Å². The lowest BCUT2D eigenvalue weighted by Gasteiger charge is -2.09. The van der Waals surface area contributed by atoms with Crippen molar-refractivity contribution in [2.45, 2.75) is 6.54 Å². The molecule has 0 spiro atoms. The van der Waals surface area contributed by atoms with Crippen LogP contribution in [0.4, 0.5) is 5.82 Å². The van der Waals surface area contributed by atoms with Gasteiger partial charge >= 0.3 is 0 Å². The van der Waals surface area contributed by atoms with E-state index in [2.05, 4.69) is 20.3 Å². The summed E-state index contributed by atoms with van der Waals surface area (Å²) in [5.74, 6) is 0.916. The normalized spacial score (nSPS) is 10.3. The van der Waals surface area contributed by atoms with Crippen LogP contribution in [-0.4, -0.2) is 20.1 Å². The summed E-state index contributed by atoms with van der Waals surface area (Å²) in [5, 5.41) is 12.6. The van der Waals surface area contributed by atoms with Crippen LogP contribution in [0.25, 0.3) is 11.3 Å². The highest BCUT2D eigenvalue weighted by atomic mass is 16.3. The molecule has 0 fully saturated rings. The average molecular weight is 278 g/mol. The molecule has 0 saturated heterocycles. The van der Waals surface area contributed by atoms with Gasteiger partial charge in [-0.15, -0.1) is 0 Å². The molecule has 21 heavy (non-hydrogen) atoms. The van der Waals surface area contributed by atoms with Gasteiger partial charge < -0.3 is 10.4 Å². The second-order valence-corrected chi connectivity index (χ2v) is 4.48. The number of pyridine rings is 1. The van der Waals surface area contributed by atoms with Crippen LogP contribution < -0.4 is 5.32 Å². The summed E-state index contributed by atoms with van der Waals surface area (Å²) in [4.78, 5) is 13.0. The molecule has 0 bridgehead atoms. The van der Waals surface area contributed by atoms with E-state index in [1.807, 2.05) is 30.3 Å². The second kappa shape index (κ2) is 6.00. The zero-order chi connectivity index (χ0) is 14.5. The zero-order valence-electron chi connectivity index (χ0n) is 11.3. The summed E-state index contributed by atoms with van der Waals surface area (Å²) in [7, 11) is 0. The summed E-state index contributed by atoms with van der Waals surface area (Å²) < 4.78 is 0. The highest BCUT2D eigenvalue weighted by Crippen LogP contribution is 2.25. The molecule has 1 aromatic carbocycles. The van der Waals surface area contributed by atoms with E-state index in [-0.39, 0.29) is 5.75 Å². The standard InChI is InChI=1S/C16H14N4O/c21-14-6-4-12(5-7-14)15-16(19-10-9-18-15)20-11-13-3-1-2-8-17-13/h1-10,21H,11H2,(H,19,20). The third-order valence-corrected chi connectivity index (χ3v) is 3.00. The number of anilines is 1. The molecule has 3 aromatic rings. The molecule has 2 aromatic heterocycles. The van der Waals surface area contributed by atoms with Crippen molar-refractivity contribution in [1.82, 2.24) is 15.0 Å². The fourth-order valence-electron chi connectivity index (χ4n) is 1.97. The first-order valence-corrected chi connectivity index (χ1v) is 6.57. The molecule has 0 unspecified atom stereocenters. The quantitative estimate of drug-likeness (QED) is 0.768. The summed E-state index contributed by atoms with van der Waals surface area (Å²) in [6, 6.07) is 12.7. The van der Waals surface area contributed by atoms with Crippen LogP contribution in [0, 0.1) is 0 Å². The Morgan fingerprint density at radius 2 is 1.67 bits per heavy atom. The van der Waals surface area contributed by atoms with Crippen LogP contribution in [0.2, 0.25) is 0 Å². The molecule has 2 heterocycles. The molecule has 0 radical (unpaired) electrons. The van der Waals surface area contributed by atoms with E-state index in [1.165, 1.54) is 0 Å². The third kappa shape index (κ3) is 3.14. The van der Waals surface area contributed by atoms with Gasteiger partial charge in [0.05, 0.1) is 12.2 Å². The summed E-state index contributed by atoms with van der Waals surface area (Å²) in [5.41, 5.74) is 2.57. The largest absolute Gasteiger partial charge is 0.508 e. The van der Waals surface area contributed by atoms with E-state index in [9.17, 15) is 5.11 Å². The third-order valence-electron chi connectivity index (χ3n) is 3.00. The van der Waals surface area contributed by atoms with Crippen LogP contribution in [0.5, 0.6) is 5.75 Å². The maximum Gasteiger partial charge on any atom is 0.152 e. The first-order chi connectivity index (χ1) is 10.3. The van der Waals surface area contributed by atoms with Crippen LogP contribution >= 0.6 is 0 Å². The molecule has 0 saturated carbocycles. The first kappa shape index (κ1) is 13.1. The van der Waals surface area contributed by atoms with Crippen LogP contribution in [-0.2, 0) is 6.54 Å². The van der Waals surface area contributed by atoms with Crippen molar-refractivity contribution in [3.63, 3.8) is 0 Å². The molecule has 3 rings (SSSR count). The Balaban J connectivity index is 1.84. The van der Waals surface area contributed by atoms with Gasteiger partial charge in [-0.2, -0.15) is 0 Å². The monoisotopic (exact) mass is 278 g/mol. The van der Waals surface area contributed by atoms with Crippen molar-refractivity contribution < 1.29 is 5.11 Å². The van der Waals surface area contributed by atoms with E-state index in [0.29, 0.717) is 12.4 Å². The number of benzene rings is 1. The molecular formula is C16H14N4O. The first-order valence-electron chi connectivity index (χ1n) is 6.57. The zero-order valence-corrected chi connectivity index (χ0v) is 11.3. The van der Waals surface area contributed by atoms with Gasteiger partial charge in [0.1, 0.15) is 11.4 Å². The Morgan fingerprint density at radius 3 is 2.43 bits per heavy atom. The van der Waals surface area contributed by atoms with Gasteiger partial charge in [-0.05, 0) is 36.4 Å². The predicted molar refractivity (Wildman–Crippen MR) is 80.7 cm³/mol. The number of hydrogen-bond acceptors (Lipinski definition) is 5.